The Morgan fingerprint density at radius 2 is 1.75 bits per heavy atom. The first-order valence-electron chi connectivity index (χ1n) is 4.87. The summed E-state index contributed by atoms with van der Waals surface area (Å²) in [5.41, 5.74) is 0.649. The van der Waals surface area contributed by atoms with Crippen molar-refractivity contribution in [3.63, 3.8) is 0 Å². The lowest BCUT2D eigenvalue weighted by atomic mass is 10.2. The van der Waals surface area contributed by atoms with E-state index in [1.165, 1.54) is 0 Å². The fraction of sp³-hybridized carbons (Fsp3) is 0.364. The predicted octanol–water partition coefficient (Wildman–Crippen LogP) is 0.862. The van der Waals surface area contributed by atoms with Crippen molar-refractivity contribution in [2.75, 3.05) is 33.1 Å². The molecule has 1 aromatic rings. The van der Waals surface area contributed by atoms with Crippen molar-refractivity contribution in [1.82, 2.24) is 5.32 Å². The first-order valence-corrected chi connectivity index (χ1v) is 4.87. The minimum atomic E-state index is -0.113. The van der Waals surface area contributed by atoms with E-state index in [9.17, 15) is 4.79 Å². The van der Waals surface area contributed by atoms with E-state index in [1.54, 1.807) is 39.5 Å². The van der Waals surface area contributed by atoms with Gasteiger partial charge in [-0.25, -0.2) is 0 Å². The SMILES string of the molecule is CNCC(=O)Nc1cc(OC)cc(OC)c1. The summed E-state index contributed by atoms with van der Waals surface area (Å²) in [5.74, 6) is 1.16. The summed E-state index contributed by atoms with van der Waals surface area (Å²) >= 11 is 0. The molecule has 0 saturated carbocycles. The zero-order valence-electron chi connectivity index (χ0n) is 9.66. The van der Waals surface area contributed by atoms with Crippen molar-refractivity contribution in [2.24, 2.45) is 0 Å². The Hall–Kier alpha value is -1.75. The van der Waals surface area contributed by atoms with Crippen LogP contribution in [0.15, 0.2) is 18.2 Å². The molecule has 0 atom stereocenters. The highest BCUT2D eigenvalue weighted by atomic mass is 16.5. The zero-order chi connectivity index (χ0) is 12.0. The van der Waals surface area contributed by atoms with Gasteiger partial charge < -0.3 is 20.1 Å². The average molecular weight is 224 g/mol. The second-order valence-corrected chi connectivity index (χ2v) is 3.18. The normalized spacial score (nSPS) is 9.69. The first-order chi connectivity index (χ1) is 7.69. The maximum absolute atomic E-state index is 11.4. The van der Waals surface area contributed by atoms with E-state index in [0.717, 1.165) is 0 Å². The maximum atomic E-state index is 11.4. The summed E-state index contributed by atoms with van der Waals surface area (Å²) in [6, 6.07) is 5.21. The number of hydrogen-bond acceptors (Lipinski definition) is 4. The van der Waals surface area contributed by atoms with Gasteiger partial charge >= 0.3 is 0 Å². The van der Waals surface area contributed by atoms with Crippen LogP contribution in [0.25, 0.3) is 0 Å². The smallest absolute Gasteiger partial charge is 0.238 e. The van der Waals surface area contributed by atoms with E-state index in [0.29, 0.717) is 17.2 Å². The number of methoxy groups -OCH3 is 2. The zero-order valence-corrected chi connectivity index (χ0v) is 9.66. The molecule has 0 fully saturated rings. The fourth-order valence-corrected chi connectivity index (χ4v) is 1.25. The lowest BCUT2D eigenvalue weighted by Crippen LogP contribution is -2.25. The van der Waals surface area contributed by atoms with Crippen molar-refractivity contribution in [1.29, 1.82) is 0 Å². The van der Waals surface area contributed by atoms with Gasteiger partial charge in [-0.15, -0.1) is 0 Å². The molecular formula is C11H16N2O3. The molecule has 0 spiro atoms. The Labute approximate surface area is 94.7 Å². The molecule has 1 rings (SSSR count). The number of rotatable bonds is 5. The van der Waals surface area contributed by atoms with Crippen molar-refractivity contribution in [2.45, 2.75) is 0 Å². The van der Waals surface area contributed by atoms with Gasteiger partial charge in [-0.05, 0) is 7.05 Å². The van der Waals surface area contributed by atoms with Gasteiger partial charge in [-0.2, -0.15) is 0 Å². The summed E-state index contributed by atoms with van der Waals surface area (Å²) in [4.78, 5) is 11.4. The van der Waals surface area contributed by atoms with Gasteiger partial charge in [0.25, 0.3) is 0 Å². The second-order valence-electron chi connectivity index (χ2n) is 3.18. The van der Waals surface area contributed by atoms with Crippen molar-refractivity contribution < 1.29 is 14.3 Å². The number of carbonyl (C=O) groups excluding carboxylic acids is 1. The second kappa shape index (κ2) is 5.97. The number of nitrogens with one attached hydrogen (secondary N) is 2. The minimum absolute atomic E-state index is 0.113. The van der Waals surface area contributed by atoms with E-state index in [2.05, 4.69) is 10.6 Å². The van der Waals surface area contributed by atoms with Crippen LogP contribution >= 0.6 is 0 Å². The number of ether oxygens (including phenoxy) is 2. The highest BCUT2D eigenvalue weighted by Gasteiger charge is 2.04. The molecule has 0 unspecified atom stereocenters. The summed E-state index contributed by atoms with van der Waals surface area (Å²) in [5, 5.41) is 5.50. The third-order valence-electron chi connectivity index (χ3n) is 1.97. The van der Waals surface area contributed by atoms with E-state index in [4.69, 9.17) is 9.47 Å². The van der Waals surface area contributed by atoms with Crippen LogP contribution in [0.3, 0.4) is 0 Å². The largest absolute Gasteiger partial charge is 0.497 e. The Balaban J connectivity index is 2.82. The third-order valence-corrected chi connectivity index (χ3v) is 1.97. The first kappa shape index (κ1) is 12.3. The topological polar surface area (TPSA) is 59.6 Å². The van der Waals surface area contributed by atoms with Crippen LogP contribution in [-0.4, -0.2) is 33.7 Å². The van der Waals surface area contributed by atoms with Crippen LogP contribution < -0.4 is 20.1 Å². The molecule has 1 amide bonds. The summed E-state index contributed by atoms with van der Waals surface area (Å²) in [6.07, 6.45) is 0. The molecule has 0 aliphatic heterocycles. The number of benzene rings is 1. The van der Waals surface area contributed by atoms with E-state index in [-0.39, 0.29) is 12.5 Å². The Morgan fingerprint density at radius 3 is 2.19 bits per heavy atom. The molecular weight excluding hydrogens is 208 g/mol. The summed E-state index contributed by atoms with van der Waals surface area (Å²) < 4.78 is 10.2. The molecule has 0 radical (unpaired) electrons. The molecule has 0 aliphatic rings. The van der Waals surface area contributed by atoms with Crippen LogP contribution in [0, 0.1) is 0 Å². The maximum Gasteiger partial charge on any atom is 0.238 e. The quantitative estimate of drug-likeness (QED) is 0.779. The van der Waals surface area contributed by atoms with Crippen LogP contribution in [0.1, 0.15) is 0 Å². The van der Waals surface area contributed by atoms with Crippen LogP contribution in [0.4, 0.5) is 5.69 Å². The Morgan fingerprint density at radius 1 is 1.19 bits per heavy atom. The number of carbonyl (C=O) groups is 1. The van der Waals surface area contributed by atoms with Gasteiger partial charge in [-0.3, -0.25) is 4.79 Å². The molecule has 1 aromatic carbocycles. The van der Waals surface area contributed by atoms with Crippen molar-refractivity contribution >= 4 is 11.6 Å². The van der Waals surface area contributed by atoms with Gasteiger partial charge in [-0.1, -0.05) is 0 Å². The van der Waals surface area contributed by atoms with Crippen LogP contribution in [0.2, 0.25) is 0 Å². The van der Waals surface area contributed by atoms with Gasteiger partial charge in [0.2, 0.25) is 5.91 Å². The molecule has 5 nitrogen and oxygen atoms in total. The molecule has 88 valence electrons. The van der Waals surface area contributed by atoms with E-state index in [1.807, 2.05) is 0 Å². The van der Waals surface area contributed by atoms with E-state index >= 15 is 0 Å². The molecule has 0 bridgehead atoms. The number of hydrogen-bond donors (Lipinski definition) is 2. The molecule has 16 heavy (non-hydrogen) atoms. The van der Waals surface area contributed by atoms with Gasteiger partial charge in [0.1, 0.15) is 11.5 Å². The molecule has 0 aliphatic carbocycles. The summed E-state index contributed by atoms with van der Waals surface area (Å²) in [7, 11) is 4.84. The van der Waals surface area contributed by atoms with Gasteiger partial charge in [0, 0.05) is 23.9 Å². The van der Waals surface area contributed by atoms with Crippen molar-refractivity contribution in [3.05, 3.63) is 18.2 Å². The fourth-order valence-electron chi connectivity index (χ4n) is 1.25. The van der Waals surface area contributed by atoms with Crippen LogP contribution in [0.5, 0.6) is 11.5 Å². The monoisotopic (exact) mass is 224 g/mol. The Bertz CT molecular complexity index is 344. The highest BCUT2D eigenvalue weighted by molar-refractivity contribution is 5.92. The lowest BCUT2D eigenvalue weighted by molar-refractivity contribution is -0.115. The standard InChI is InChI=1S/C11H16N2O3/c1-12-7-11(14)13-8-4-9(15-2)6-10(5-8)16-3/h4-6,12H,7H2,1-3H3,(H,13,14). The van der Waals surface area contributed by atoms with Gasteiger partial charge in [0.15, 0.2) is 0 Å². The molecule has 2 N–H and O–H groups in total. The van der Waals surface area contributed by atoms with Crippen molar-refractivity contribution in [3.8, 4) is 11.5 Å². The van der Waals surface area contributed by atoms with Gasteiger partial charge in [0.05, 0.1) is 20.8 Å². The predicted molar refractivity (Wildman–Crippen MR) is 62.1 cm³/mol. The number of anilines is 1. The minimum Gasteiger partial charge on any atom is -0.497 e. The Kier molecular flexibility index (Phi) is 4.60. The third kappa shape index (κ3) is 3.43. The van der Waals surface area contributed by atoms with Crippen LogP contribution in [-0.2, 0) is 4.79 Å². The molecule has 0 aromatic heterocycles. The molecule has 0 heterocycles. The number of amides is 1. The lowest BCUT2D eigenvalue weighted by Gasteiger charge is -2.09. The highest BCUT2D eigenvalue weighted by Crippen LogP contribution is 2.25. The summed E-state index contributed by atoms with van der Waals surface area (Å²) in [6.45, 7) is 0.263. The average Bonchev–Trinajstić information content (AvgIpc) is 2.28. The molecule has 5 heteroatoms. The number of likely N-dealkylation sites (N-methyl/N-ethyl adjacent to an activating group) is 1. The molecule has 0 saturated heterocycles. The van der Waals surface area contributed by atoms with E-state index < -0.39 is 0 Å².